The number of nitrogens with one attached hydrogen (secondary N) is 1. The Labute approximate surface area is 131 Å². The SMILES string of the molecule is CC(C)(C)SCC(=O)Nc1cc2c(cc1Br)OCCO2. The van der Waals surface area contributed by atoms with Gasteiger partial charge in [-0.1, -0.05) is 20.8 Å². The zero-order chi connectivity index (χ0) is 14.8. The molecule has 0 atom stereocenters. The van der Waals surface area contributed by atoms with Crippen LogP contribution in [0.3, 0.4) is 0 Å². The number of rotatable bonds is 3. The van der Waals surface area contributed by atoms with Crippen LogP contribution in [0.1, 0.15) is 20.8 Å². The van der Waals surface area contributed by atoms with E-state index >= 15 is 0 Å². The van der Waals surface area contributed by atoms with Crippen LogP contribution in [0.25, 0.3) is 0 Å². The summed E-state index contributed by atoms with van der Waals surface area (Å²) in [5, 5.41) is 2.89. The molecule has 0 aliphatic carbocycles. The largest absolute Gasteiger partial charge is 0.486 e. The fourth-order valence-corrected chi connectivity index (χ4v) is 2.69. The van der Waals surface area contributed by atoms with Crippen molar-refractivity contribution >= 4 is 39.3 Å². The number of carbonyl (C=O) groups excluding carboxylic acids is 1. The maximum Gasteiger partial charge on any atom is 0.234 e. The van der Waals surface area contributed by atoms with Gasteiger partial charge in [-0.05, 0) is 15.9 Å². The lowest BCUT2D eigenvalue weighted by molar-refractivity contribution is -0.113. The molecule has 0 spiro atoms. The van der Waals surface area contributed by atoms with Crippen LogP contribution in [0, 0.1) is 0 Å². The molecule has 0 radical (unpaired) electrons. The highest BCUT2D eigenvalue weighted by Crippen LogP contribution is 2.38. The third-order valence-corrected chi connectivity index (χ3v) is 4.47. The van der Waals surface area contributed by atoms with Crippen molar-refractivity contribution < 1.29 is 14.3 Å². The van der Waals surface area contributed by atoms with Gasteiger partial charge in [-0.2, -0.15) is 0 Å². The lowest BCUT2D eigenvalue weighted by Crippen LogP contribution is -2.20. The third kappa shape index (κ3) is 4.31. The summed E-state index contributed by atoms with van der Waals surface area (Å²) < 4.78 is 11.9. The Hall–Kier alpha value is -0.880. The topological polar surface area (TPSA) is 47.6 Å². The number of hydrogen-bond donors (Lipinski definition) is 1. The van der Waals surface area contributed by atoms with Crippen molar-refractivity contribution in [1.29, 1.82) is 0 Å². The van der Waals surface area contributed by atoms with Gasteiger partial charge in [0.2, 0.25) is 5.91 Å². The van der Waals surface area contributed by atoms with Gasteiger partial charge >= 0.3 is 0 Å². The second-order valence-corrected chi connectivity index (χ2v) is 8.08. The zero-order valence-corrected chi connectivity index (χ0v) is 14.2. The van der Waals surface area contributed by atoms with Crippen molar-refractivity contribution in [2.75, 3.05) is 24.3 Å². The van der Waals surface area contributed by atoms with Gasteiger partial charge in [0.05, 0.1) is 11.4 Å². The summed E-state index contributed by atoms with van der Waals surface area (Å²) in [5.74, 6) is 1.76. The maximum absolute atomic E-state index is 12.0. The Bertz CT molecular complexity index is 514. The number of carbonyl (C=O) groups is 1. The molecule has 2 rings (SSSR count). The van der Waals surface area contributed by atoms with Crippen molar-refractivity contribution in [3.05, 3.63) is 16.6 Å². The van der Waals surface area contributed by atoms with E-state index in [0.29, 0.717) is 36.2 Å². The summed E-state index contributed by atoms with van der Waals surface area (Å²) in [6, 6.07) is 3.61. The van der Waals surface area contributed by atoms with Crippen LogP contribution in [0.15, 0.2) is 16.6 Å². The number of halogens is 1. The Morgan fingerprint density at radius 1 is 1.30 bits per heavy atom. The maximum atomic E-state index is 12.0. The van der Waals surface area contributed by atoms with Gasteiger partial charge in [-0.15, -0.1) is 11.8 Å². The first kappa shape index (κ1) is 15.5. The average molecular weight is 360 g/mol. The Kier molecular flexibility index (Phi) is 4.86. The minimum absolute atomic E-state index is 0.0256. The summed E-state index contributed by atoms with van der Waals surface area (Å²) in [6.07, 6.45) is 0. The summed E-state index contributed by atoms with van der Waals surface area (Å²) in [6.45, 7) is 7.34. The molecule has 1 aliphatic rings. The summed E-state index contributed by atoms with van der Waals surface area (Å²) in [7, 11) is 0. The van der Waals surface area contributed by atoms with Gasteiger partial charge in [0.25, 0.3) is 0 Å². The molecule has 0 saturated carbocycles. The van der Waals surface area contributed by atoms with Crippen molar-refractivity contribution in [2.45, 2.75) is 25.5 Å². The number of thioether (sulfide) groups is 1. The van der Waals surface area contributed by atoms with Crippen LogP contribution >= 0.6 is 27.7 Å². The van der Waals surface area contributed by atoms with E-state index in [9.17, 15) is 4.79 Å². The number of hydrogen-bond acceptors (Lipinski definition) is 4. The molecule has 1 aromatic rings. The molecule has 6 heteroatoms. The predicted molar refractivity (Wildman–Crippen MR) is 86.0 cm³/mol. The fraction of sp³-hybridized carbons (Fsp3) is 0.500. The second kappa shape index (κ2) is 6.26. The molecule has 1 aliphatic heterocycles. The minimum Gasteiger partial charge on any atom is -0.486 e. The standard InChI is InChI=1S/C14H18BrNO3S/c1-14(2,3)20-8-13(17)16-10-7-12-11(6-9(10)15)18-4-5-19-12/h6-7H,4-5,8H2,1-3H3,(H,16,17). The molecule has 20 heavy (non-hydrogen) atoms. The van der Waals surface area contributed by atoms with E-state index in [2.05, 4.69) is 42.0 Å². The first-order valence-electron chi connectivity index (χ1n) is 6.38. The highest BCUT2D eigenvalue weighted by molar-refractivity contribution is 9.10. The number of benzene rings is 1. The number of fused-ring (bicyclic) bond motifs is 1. The molecule has 4 nitrogen and oxygen atoms in total. The van der Waals surface area contributed by atoms with Crippen LogP contribution < -0.4 is 14.8 Å². The number of amides is 1. The minimum atomic E-state index is -0.0256. The van der Waals surface area contributed by atoms with Crippen LogP contribution in [0.5, 0.6) is 11.5 Å². The molecule has 0 aromatic heterocycles. The van der Waals surface area contributed by atoms with E-state index in [0.717, 1.165) is 4.47 Å². The van der Waals surface area contributed by atoms with E-state index in [4.69, 9.17) is 9.47 Å². The fourth-order valence-electron chi connectivity index (χ4n) is 1.63. The molecule has 1 amide bonds. The molecule has 1 N–H and O–H groups in total. The van der Waals surface area contributed by atoms with Crippen molar-refractivity contribution in [2.24, 2.45) is 0 Å². The lowest BCUT2D eigenvalue weighted by atomic mass is 10.2. The number of anilines is 1. The van der Waals surface area contributed by atoms with Gasteiger partial charge in [-0.3, -0.25) is 4.79 Å². The van der Waals surface area contributed by atoms with Crippen molar-refractivity contribution in [3.63, 3.8) is 0 Å². The highest BCUT2D eigenvalue weighted by atomic mass is 79.9. The monoisotopic (exact) mass is 359 g/mol. The second-order valence-electron chi connectivity index (χ2n) is 5.42. The van der Waals surface area contributed by atoms with E-state index < -0.39 is 0 Å². The van der Waals surface area contributed by atoms with Crippen LogP contribution in [-0.2, 0) is 4.79 Å². The normalized spacial score (nSPS) is 14.0. The summed E-state index contributed by atoms with van der Waals surface area (Å²) in [4.78, 5) is 12.0. The van der Waals surface area contributed by atoms with Gasteiger partial charge in [-0.25, -0.2) is 0 Å². The Morgan fingerprint density at radius 3 is 2.50 bits per heavy atom. The smallest absolute Gasteiger partial charge is 0.234 e. The van der Waals surface area contributed by atoms with Gasteiger partial charge in [0.15, 0.2) is 11.5 Å². The number of ether oxygens (including phenoxy) is 2. The molecule has 1 heterocycles. The van der Waals surface area contributed by atoms with Crippen LogP contribution in [-0.4, -0.2) is 29.6 Å². The van der Waals surface area contributed by atoms with E-state index in [1.54, 1.807) is 17.8 Å². The van der Waals surface area contributed by atoms with E-state index in [1.165, 1.54) is 0 Å². The molecule has 0 bridgehead atoms. The molecule has 1 aromatic carbocycles. The van der Waals surface area contributed by atoms with Gasteiger partial charge in [0.1, 0.15) is 13.2 Å². The third-order valence-electron chi connectivity index (χ3n) is 2.54. The van der Waals surface area contributed by atoms with Crippen LogP contribution in [0.4, 0.5) is 5.69 Å². The molecular weight excluding hydrogens is 342 g/mol. The molecule has 0 unspecified atom stereocenters. The molecule has 0 saturated heterocycles. The molecule has 110 valence electrons. The quantitative estimate of drug-likeness (QED) is 0.893. The van der Waals surface area contributed by atoms with Gasteiger partial charge < -0.3 is 14.8 Å². The first-order chi connectivity index (χ1) is 9.35. The summed E-state index contributed by atoms with van der Waals surface area (Å²) in [5.41, 5.74) is 0.703. The predicted octanol–water partition coefficient (Wildman–Crippen LogP) is 3.69. The lowest BCUT2D eigenvalue weighted by Gasteiger charge is -2.20. The van der Waals surface area contributed by atoms with E-state index in [1.807, 2.05) is 6.07 Å². The molecule has 0 fully saturated rings. The zero-order valence-electron chi connectivity index (χ0n) is 11.8. The average Bonchev–Trinajstić information content (AvgIpc) is 2.36. The molecular formula is C14H18BrNO3S. The van der Waals surface area contributed by atoms with Gasteiger partial charge in [0, 0.05) is 21.4 Å². The Balaban J connectivity index is 2.04. The first-order valence-corrected chi connectivity index (χ1v) is 8.16. The Morgan fingerprint density at radius 2 is 1.90 bits per heavy atom. The van der Waals surface area contributed by atoms with Crippen LogP contribution in [0.2, 0.25) is 0 Å². The highest BCUT2D eigenvalue weighted by Gasteiger charge is 2.17. The summed E-state index contributed by atoms with van der Waals surface area (Å²) >= 11 is 5.05. The van der Waals surface area contributed by atoms with E-state index in [-0.39, 0.29) is 10.7 Å². The van der Waals surface area contributed by atoms with Crippen molar-refractivity contribution in [3.8, 4) is 11.5 Å². The van der Waals surface area contributed by atoms with Crippen molar-refractivity contribution in [1.82, 2.24) is 0 Å².